The van der Waals surface area contributed by atoms with Gasteiger partial charge in [0, 0.05) is 37.1 Å². The lowest BCUT2D eigenvalue weighted by Crippen LogP contribution is -2.40. The molecule has 0 spiro atoms. The molecule has 25 heavy (non-hydrogen) atoms. The number of rotatable bonds is 5. The van der Waals surface area contributed by atoms with Crippen molar-refractivity contribution in [1.29, 1.82) is 0 Å². The summed E-state index contributed by atoms with van der Waals surface area (Å²) in [6, 6.07) is 9.09. The highest BCUT2D eigenvalue weighted by molar-refractivity contribution is 6.30. The van der Waals surface area contributed by atoms with Gasteiger partial charge >= 0.3 is 6.09 Å². The Kier molecular flexibility index (Phi) is 6.06. The Morgan fingerprint density at radius 1 is 1.20 bits per heavy atom. The SMILES string of the molecule is O=C(OCc1ccc(Cl)cc1)N1CCC(CNc2ncccn2)CC1. The molecule has 0 unspecified atom stereocenters. The maximum atomic E-state index is 12.2. The fraction of sp³-hybridized carbons (Fsp3) is 0.389. The van der Waals surface area contributed by atoms with Crippen LogP contribution in [0, 0.1) is 5.92 Å². The minimum absolute atomic E-state index is 0.257. The van der Waals surface area contributed by atoms with E-state index in [1.165, 1.54) is 0 Å². The number of amides is 1. The van der Waals surface area contributed by atoms with E-state index in [9.17, 15) is 4.79 Å². The van der Waals surface area contributed by atoms with Crippen molar-refractivity contribution in [2.75, 3.05) is 25.0 Å². The van der Waals surface area contributed by atoms with Crippen molar-refractivity contribution >= 4 is 23.6 Å². The Balaban J connectivity index is 1.38. The Hall–Kier alpha value is -2.34. The predicted molar refractivity (Wildman–Crippen MR) is 96.5 cm³/mol. The van der Waals surface area contributed by atoms with E-state index in [1.807, 2.05) is 12.1 Å². The Morgan fingerprint density at radius 2 is 1.88 bits per heavy atom. The van der Waals surface area contributed by atoms with Crippen molar-refractivity contribution in [2.24, 2.45) is 5.92 Å². The highest BCUT2D eigenvalue weighted by atomic mass is 35.5. The van der Waals surface area contributed by atoms with Crippen LogP contribution in [0.2, 0.25) is 5.02 Å². The third-order valence-corrected chi connectivity index (χ3v) is 4.51. The van der Waals surface area contributed by atoms with Gasteiger partial charge in [0.1, 0.15) is 6.61 Å². The lowest BCUT2D eigenvalue weighted by atomic mass is 9.97. The minimum atomic E-state index is -0.257. The van der Waals surface area contributed by atoms with Crippen LogP contribution in [-0.2, 0) is 11.3 Å². The van der Waals surface area contributed by atoms with Crippen LogP contribution < -0.4 is 5.32 Å². The van der Waals surface area contributed by atoms with Gasteiger partial charge in [-0.05, 0) is 42.5 Å². The zero-order valence-corrected chi connectivity index (χ0v) is 14.7. The summed E-state index contributed by atoms with van der Waals surface area (Å²) in [6.45, 7) is 2.50. The molecular weight excluding hydrogens is 340 g/mol. The molecule has 0 saturated carbocycles. The third-order valence-electron chi connectivity index (χ3n) is 4.26. The largest absolute Gasteiger partial charge is 0.445 e. The molecular formula is C18H21ClN4O2. The van der Waals surface area contributed by atoms with E-state index in [4.69, 9.17) is 16.3 Å². The van der Waals surface area contributed by atoms with Gasteiger partial charge < -0.3 is 15.0 Å². The Bertz CT molecular complexity index is 673. The molecule has 0 aliphatic carbocycles. The average molecular weight is 361 g/mol. The molecule has 1 aliphatic rings. The van der Waals surface area contributed by atoms with Crippen LogP contribution in [0.25, 0.3) is 0 Å². The first-order chi connectivity index (χ1) is 12.2. The van der Waals surface area contributed by atoms with Crippen LogP contribution in [0.4, 0.5) is 10.7 Å². The molecule has 0 radical (unpaired) electrons. The number of benzene rings is 1. The minimum Gasteiger partial charge on any atom is -0.445 e. The van der Waals surface area contributed by atoms with Crippen LogP contribution in [0.1, 0.15) is 18.4 Å². The molecule has 2 heterocycles. The monoisotopic (exact) mass is 360 g/mol. The van der Waals surface area contributed by atoms with Crippen LogP contribution in [-0.4, -0.2) is 40.6 Å². The molecule has 0 bridgehead atoms. The van der Waals surface area contributed by atoms with E-state index in [1.54, 1.807) is 35.5 Å². The summed E-state index contributed by atoms with van der Waals surface area (Å²) >= 11 is 5.85. The van der Waals surface area contributed by atoms with Gasteiger partial charge in [0.2, 0.25) is 5.95 Å². The third kappa shape index (κ3) is 5.32. The highest BCUT2D eigenvalue weighted by Crippen LogP contribution is 2.18. The number of hydrogen-bond acceptors (Lipinski definition) is 5. The van der Waals surface area contributed by atoms with E-state index >= 15 is 0 Å². The van der Waals surface area contributed by atoms with Gasteiger partial charge in [0.25, 0.3) is 0 Å². The molecule has 7 heteroatoms. The summed E-state index contributed by atoms with van der Waals surface area (Å²) in [6.07, 6.45) is 5.06. The number of carbonyl (C=O) groups excluding carboxylic acids is 1. The van der Waals surface area contributed by atoms with Crippen molar-refractivity contribution in [2.45, 2.75) is 19.4 Å². The first kappa shape index (κ1) is 17.5. The molecule has 1 saturated heterocycles. The van der Waals surface area contributed by atoms with Crippen molar-refractivity contribution < 1.29 is 9.53 Å². The van der Waals surface area contributed by atoms with E-state index in [-0.39, 0.29) is 12.7 Å². The maximum Gasteiger partial charge on any atom is 0.410 e. The van der Waals surface area contributed by atoms with Crippen molar-refractivity contribution in [3.05, 3.63) is 53.3 Å². The van der Waals surface area contributed by atoms with E-state index in [0.29, 0.717) is 30.0 Å². The van der Waals surface area contributed by atoms with Crippen LogP contribution >= 0.6 is 11.6 Å². The van der Waals surface area contributed by atoms with Crippen LogP contribution in [0.5, 0.6) is 0 Å². The van der Waals surface area contributed by atoms with Gasteiger partial charge in [0.15, 0.2) is 0 Å². The van der Waals surface area contributed by atoms with Crippen molar-refractivity contribution in [3.63, 3.8) is 0 Å². The first-order valence-electron chi connectivity index (χ1n) is 8.38. The summed E-state index contributed by atoms with van der Waals surface area (Å²) in [5, 5.41) is 3.91. The number of nitrogens with zero attached hydrogens (tertiary/aromatic N) is 3. The predicted octanol–water partition coefficient (Wildman–Crippen LogP) is 3.59. The number of likely N-dealkylation sites (tertiary alicyclic amines) is 1. The van der Waals surface area contributed by atoms with Gasteiger partial charge in [-0.25, -0.2) is 14.8 Å². The van der Waals surface area contributed by atoms with Gasteiger partial charge in [0.05, 0.1) is 0 Å². The van der Waals surface area contributed by atoms with Crippen LogP contribution in [0.15, 0.2) is 42.7 Å². The highest BCUT2D eigenvalue weighted by Gasteiger charge is 2.23. The molecule has 132 valence electrons. The van der Waals surface area contributed by atoms with Crippen molar-refractivity contribution in [1.82, 2.24) is 14.9 Å². The number of hydrogen-bond donors (Lipinski definition) is 1. The first-order valence-corrected chi connectivity index (χ1v) is 8.75. The van der Waals surface area contributed by atoms with E-state index < -0.39 is 0 Å². The van der Waals surface area contributed by atoms with E-state index in [2.05, 4.69) is 15.3 Å². The number of halogens is 1. The molecule has 2 aromatic rings. The molecule has 1 aromatic heterocycles. The summed E-state index contributed by atoms with van der Waals surface area (Å²) in [5.41, 5.74) is 0.930. The second kappa shape index (κ2) is 8.67. The maximum absolute atomic E-state index is 12.2. The zero-order valence-electron chi connectivity index (χ0n) is 13.9. The number of nitrogens with one attached hydrogen (secondary N) is 1. The summed E-state index contributed by atoms with van der Waals surface area (Å²) < 4.78 is 5.38. The molecule has 1 aromatic carbocycles. The molecule has 1 aliphatic heterocycles. The average Bonchev–Trinajstić information content (AvgIpc) is 2.67. The number of piperidine rings is 1. The van der Waals surface area contributed by atoms with Crippen molar-refractivity contribution in [3.8, 4) is 0 Å². The topological polar surface area (TPSA) is 67.3 Å². The van der Waals surface area contributed by atoms with Crippen LogP contribution in [0.3, 0.4) is 0 Å². The number of carbonyl (C=O) groups is 1. The Labute approximate surface area is 152 Å². The number of ether oxygens (including phenoxy) is 1. The van der Waals surface area contributed by atoms with Gasteiger partial charge in [-0.1, -0.05) is 23.7 Å². The molecule has 3 rings (SSSR count). The number of aromatic nitrogens is 2. The number of anilines is 1. The molecule has 1 N–H and O–H groups in total. The molecule has 6 nitrogen and oxygen atoms in total. The smallest absolute Gasteiger partial charge is 0.410 e. The normalized spacial score (nSPS) is 15.0. The van der Waals surface area contributed by atoms with Gasteiger partial charge in [-0.15, -0.1) is 0 Å². The molecule has 0 atom stereocenters. The van der Waals surface area contributed by atoms with Gasteiger partial charge in [-0.2, -0.15) is 0 Å². The standard InChI is InChI=1S/C18H21ClN4O2/c19-16-4-2-15(3-5-16)13-25-18(24)23-10-6-14(7-11-23)12-22-17-20-8-1-9-21-17/h1-5,8-9,14H,6-7,10-13H2,(H,20,21,22). The summed E-state index contributed by atoms with van der Waals surface area (Å²) in [7, 11) is 0. The second-order valence-electron chi connectivity index (χ2n) is 6.06. The lowest BCUT2D eigenvalue weighted by Gasteiger charge is -2.31. The molecule has 1 fully saturated rings. The Morgan fingerprint density at radius 3 is 2.56 bits per heavy atom. The fourth-order valence-corrected chi connectivity index (χ4v) is 2.89. The molecule has 1 amide bonds. The second-order valence-corrected chi connectivity index (χ2v) is 6.50. The summed E-state index contributed by atoms with van der Waals surface area (Å²) in [4.78, 5) is 22.2. The quantitative estimate of drug-likeness (QED) is 0.882. The van der Waals surface area contributed by atoms with Gasteiger partial charge in [-0.3, -0.25) is 0 Å². The van der Waals surface area contributed by atoms with E-state index in [0.717, 1.165) is 24.9 Å². The summed E-state index contributed by atoms with van der Waals surface area (Å²) in [5.74, 6) is 1.15. The fourth-order valence-electron chi connectivity index (χ4n) is 2.76. The lowest BCUT2D eigenvalue weighted by molar-refractivity contribution is 0.0832. The zero-order chi connectivity index (χ0) is 17.5.